The van der Waals surface area contributed by atoms with E-state index in [4.69, 9.17) is 11.6 Å². The zero-order valence-corrected chi connectivity index (χ0v) is 10.8. The van der Waals surface area contributed by atoms with Crippen molar-refractivity contribution in [2.75, 3.05) is 6.54 Å². The van der Waals surface area contributed by atoms with Gasteiger partial charge in [-0.05, 0) is 23.8 Å². The molecule has 0 spiro atoms. The van der Waals surface area contributed by atoms with Crippen molar-refractivity contribution in [3.63, 3.8) is 0 Å². The van der Waals surface area contributed by atoms with E-state index in [9.17, 15) is 4.79 Å². The minimum atomic E-state index is -0.126. The Morgan fingerprint density at radius 3 is 2.95 bits per heavy atom. The molecule has 0 saturated heterocycles. The molecular weight excluding hydrogens is 264 g/mol. The summed E-state index contributed by atoms with van der Waals surface area (Å²) in [5.41, 5.74) is 2.47. The lowest BCUT2D eigenvalue weighted by Gasteiger charge is -2.27. The number of hydrogen-bond acceptors (Lipinski definition) is 4. The summed E-state index contributed by atoms with van der Waals surface area (Å²) in [7, 11) is 0. The van der Waals surface area contributed by atoms with E-state index in [2.05, 4.69) is 15.2 Å². The zero-order chi connectivity index (χ0) is 13.2. The van der Waals surface area contributed by atoms with Crippen LogP contribution < -0.4 is 0 Å². The number of carbonyl (C=O) groups excluding carboxylic acids is 1. The quantitative estimate of drug-likeness (QED) is 0.794. The molecule has 0 atom stereocenters. The van der Waals surface area contributed by atoms with E-state index in [0.29, 0.717) is 18.8 Å². The molecule has 0 fully saturated rings. The van der Waals surface area contributed by atoms with Gasteiger partial charge in [-0.15, -0.1) is 10.2 Å². The lowest BCUT2D eigenvalue weighted by molar-refractivity contribution is 0.0726. The molecule has 5 nitrogen and oxygen atoms in total. The van der Waals surface area contributed by atoms with Crippen molar-refractivity contribution in [3.8, 4) is 0 Å². The first kappa shape index (κ1) is 12.0. The highest BCUT2D eigenvalue weighted by atomic mass is 35.5. The molecular formula is C13H11ClN4O. The number of hydrogen-bond donors (Lipinski definition) is 0. The van der Waals surface area contributed by atoms with Crippen molar-refractivity contribution in [2.45, 2.75) is 13.0 Å². The molecule has 0 bridgehead atoms. The van der Waals surface area contributed by atoms with E-state index in [1.807, 2.05) is 12.1 Å². The van der Waals surface area contributed by atoms with Gasteiger partial charge in [0.05, 0.1) is 0 Å². The number of halogens is 1. The monoisotopic (exact) mass is 274 g/mol. The Hall–Kier alpha value is -2.01. The molecule has 1 amide bonds. The van der Waals surface area contributed by atoms with Crippen LogP contribution in [0.3, 0.4) is 0 Å². The molecule has 0 N–H and O–H groups in total. The van der Waals surface area contributed by atoms with Crippen LogP contribution in [0.25, 0.3) is 0 Å². The van der Waals surface area contributed by atoms with E-state index < -0.39 is 0 Å². The Kier molecular flexibility index (Phi) is 3.13. The molecule has 6 heteroatoms. The topological polar surface area (TPSA) is 59.0 Å². The van der Waals surface area contributed by atoms with Gasteiger partial charge in [0, 0.05) is 31.4 Å². The Morgan fingerprint density at radius 2 is 2.16 bits per heavy atom. The van der Waals surface area contributed by atoms with Gasteiger partial charge < -0.3 is 4.90 Å². The number of nitrogens with zero attached hydrogens (tertiary/aromatic N) is 4. The number of carbonyl (C=O) groups is 1. The Morgan fingerprint density at radius 1 is 1.26 bits per heavy atom. The van der Waals surface area contributed by atoms with Crippen LogP contribution in [-0.4, -0.2) is 32.5 Å². The van der Waals surface area contributed by atoms with Crippen LogP contribution >= 0.6 is 11.6 Å². The minimum Gasteiger partial charge on any atom is -0.332 e. The maximum atomic E-state index is 12.3. The molecule has 0 saturated carbocycles. The summed E-state index contributed by atoms with van der Waals surface area (Å²) in [4.78, 5) is 18.3. The largest absolute Gasteiger partial charge is 0.332 e. The van der Waals surface area contributed by atoms with Crippen LogP contribution in [0, 0.1) is 0 Å². The third-order valence-electron chi connectivity index (χ3n) is 3.10. The van der Waals surface area contributed by atoms with Gasteiger partial charge in [-0.2, -0.15) is 0 Å². The smallest absolute Gasteiger partial charge is 0.274 e. The van der Waals surface area contributed by atoms with Crippen LogP contribution in [0.1, 0.15) is 21.7 Å². The summed E-state index contributed by atoms with van der Waals surface area (Å²) in [6.07, 6.45) is 2.55. The molecule has 2 aromatic rings. The molecule has 96 valence electrons. The van der Waals surface area contributed by atoms with Crippen LogP contribution in [0.2, 0.25) is 5.15 Å². The second-order valence-corrected chi connectivity index (χ2v) is 4.71. The lowest BCUT2D eigenvalue weighted by atomic mass is 10.1. The number of aromatic nitrogens is 3. The number of fused-ring (bicyclic) bond motifs is 1. The van der Waals surface area contributed by atoms with Gasteiger partial charge in [0.25, 0.3) is 5.91 Å². The predicted octanol–water partition coefficient (Wildman–Crippen LogP) is 1.72. The molecule has 0 unspecified atom stereocenters. The molecule has 19 heavy (non-hydrogen) atoms. The van der Waals surface area contributed by atoms with E-state index in [1.54, 1.807) is 23.2 Å². The van der Waals surface area contributed by atoms with Gasteiger partial charge in [0.1, 0.15) is 0 Å². The van der Waals surface area contributed by atoms with E-state index >= 15 is 0 Å². The third kappa shape index (κ3) is 2.42. The van der Waals surface area contributed by atoms with Gasteiger partial charge in [-0.3, -0.25) is 9.78 Å². The van der Waals surface area contributed by atoms with E-state index in [1.165, 1.54) is 0 Å². The van der Waals surface area contributed by atoms with Crippen molar-refractivity contribution < 1.29 is 4.79 Å². The Labute approximate surface area is 115 Å². The molecule has 1 aliphatic heterocycles. The Balaban J connectivity index is 1.81. The van der Waals surface area contributed by atoms with Crippen molar-refractivity contribution in [1.82, 2.24) is 20.1 Å². The average molecular weight is 275 g/mol. The fourth-order valence-electron chi connectivity index (χ4n) is 2.13. The second-order valence-electron chi connectivity index (χ2n) is 4.33. The molecule has 0 aromatic carbocycles. The highest BCUT2D eigenvalue weighted by Gasteiger charge is 2.23. The van der Waals surface area contributed by atoms with Crippen LogP contribution in [-0.2, 0) is 13.0 Å². The fourth-order valence-corrected chi connectivity index (χ4v) is 2.23. The molecule has 2 aromatic heterocycles. The summed E-state index contributed by atoms with van der Waals surface area (Å²) >= 11 is 5.66. The molecule has 3 rings (SSSR count). The van der Waals surface area contributed by atoms with Crippen molar-refractivity contribution in [1.29, 1.82) is 0 Å². The first-order valence-corrected chi connectivity index (χ1v) is 6.33. The maximum absolute atomic E-state index is 12.3. The van der Waals surface area contributed by atoms with Gasteiger partial charge in [-0.25, -0.2) is 0 Å². The van der Waals surface area contributed by atoms with Gasteiger partial charge in [-0.1, -0.05) is 17.7 Å². The molecule has 0 radical (unpaired) electrons. The molecule has 0 aliphatic carbocycles. The van der Waals surface area contributed by atoms with Crippen molar-refractivity contribution >= 4 is 17.5 Å². The van der Waals surface area contributed by atoms with Crippen LogP contribution in [0.15, 0.2) is 30.5 Å². The highest BCUT2D eigenvalue weighted by Crippen LogP contribution is 2.18. The van der Waals surface area contributed by atoms with Crippen molar-refractivity contribution in [2.24, 2.45) is 0 Å². The van der Waals surface area contributed by atoms with Crippen molar-refractivity contribution in [3.05, 3.63) is 52.6 Å². The van der Waals surface area contributed by atoms with Crippen LogP contribution in [0.5, 0.6) is 0 Å². The number of amides is 1. The summed E-state index contributed by atoms with van der Waals surface area (Å²) < 4.78 is 0. The third-order valence-corrected chi connectivity index (χ3v) is 3.30. The number of pyridine rings is 1. The highest BCUT2D eigenvalue weighted by molar-refractivity contribution is 6.29. The SMILES string of the molecule is O=C(c1ccc(Cl)nn1)N1CCc2ncccc2C1. The lowest BCUT2D eigenvalue weighted by Crippen LogP contribution is -2.36. The van der Waals surface area contributed by atoms with Gasteiger partial charge in [0.2, 0.25) is 0 Å². The maximum Gasteiger partial charge on any atom is 0.274 e. The molecule has 1 aliphatic rings. The normalized spacial score (nSPS) is 14.1. The predicted molar refractivity (Wildman–Crippen MR) is 69.7 cm³/mol. The second kappa shape index (κ2) is 4.93. The standard InChI is InChI=1S/C13H11ClN4O/c14-12-4-3-11(16-17-12)13(19)18-7-5-10-9(8-18)2-1-6-15-10/h1-4,6H,5,7-8H2. The summed E-state index contributed by atoms with van der Waals surface area (Å²) in [6.45, 7) is 1.21. The zero-order valence-electron chi connectivity index (χ0n) is 10.1. The first-order chi connectivity index (χ1) is 9.24. The summed E-state index contributed by atoms with van der Waals surface area (Å²) in [5, 5.41) is 7.80. The van der Waals surface area contributed by atoms with Crippen LogP contribution in [0.4, 0.5) is 0 Å². The molecule has 3 heterocycles. The summed E-state index contributed by atoms with van der Waals surface area (Å²) in [6, 6.07) is 7.04. The van der Waals surface area contributed by atoms with E-state index in [-0.39, 0.29) is 11.1 Å². The average Bonchev–Trinajstić information content (AvgIpc) is 2.47. The van der Waals surface area contributed by atoms with Gasteiger partial charge in [0.15, 0.2) is 10.8 Å². The minimum absolute atomic E-state index is 0.126. The number of rotatable bonds is 1. The fraction of sp³-hybridized carbons (Fsp3) is 0.231. The summed E-state index contributed by atoms with van der Waals surface area (Å²) in [5.74, 6) is -0.126. The van der Waals surface area contributed by atoms with E-state index in [0.717, 1.165) is 17.7 Å². The van der Waals surface area contributed by atoms with Gasteiger partial charge >= 0.3 is 0 Å². The first-order valence-electron chi connectivity index (χ1n) is 5.95. The Bertz CT molecular complexity index is 614.